The van der Waals surface area contributed by atoms with E-state index in [1.807, 2.05) is 12.3 Å². The fourth-order valence-electron chi connectivity index (χ4n) is 4.16. The van der Waals surface area contributed by atoms with Crippen LogP contribution in [0.15, 0.2) is 52.3 Å². The van der Waals surface area contributed by atoms with Gasteiger partial charge in [0, 0.05) is 30.1 Å². The molecular formula is C21H22ClN5O3. The van der Waals surface area contributed by atoms with Gasteiger partial charge in [-0.2, -0.15) is 0 Å². The van der Waals surface area contributed by atoms with Gasteiger partial charge in [0.05, 0.1) is 18.5 Å². The summed E-state index contributed by atoms with van der Waals surface area (Å²) in [7, 11) is 1.53. The monoisotopic (exact) mass is 427 g/mol. The Morgan fingerprint density at radius 2 is 2.30 bits per heavy atom. The van der Waals surface area contributed by atoms with E-state index in [0.717, 1.165) is 54.2 Å². The molecule has 1 fully saturated rings. The van der Waals surface area contributed by atoms with Crippen LogP contribution in [0.25, 0.3) is 0 Å². The molecule has 3 aliphatic heterocycles. The molecule has 5 rings (SSSR count). The van der Waals surface area contributed by atoms with Gasteiger partial charge in [0.15, 0.2) is 0 Å². The largest absolute Gasteiger partial charge is 0.495 e. The number of nitrogens with two attached hydrogens (primary N) is 1. The number of carbonyl (C=O) groups is 1. The third-order valence-electron chi connectivity index (χ3n) is 5.79. The number of pyridine rings is 1. The molecule has 8 nitrogen and oxygen atoms in total. The molecule has 156 valence electrons. The molecule has 0 radical (unpaired) electrons. The van der Waals surface area contributed by atoms with Crippen molar-refractivity contribution >= 4 is 23.3 Å². The summed E-state index contributed by atoms with van der Waals surface area (Å²) in [4.78, 5) is 23.1. The number of primary amides is 1. The second-order valence-corrected chi connectivity index (χ2v) is 8.18. The van der Waals surface area contributed by atoms with Crippen LogP contribution in [0.2, 0.25) is 5.02 Å². The summed E-state index contributed by atoms with van der Waals surface area (Å²) in [5.74, 6) is 1.08. The Hall–Kier alpha value is -3.00. The SMILES string of the molecule is COc1ncc(C2=NC=C3C(NC(C(N)=O)C4CC4)=COCC4=C3N2CC4)cc1Cl. The predicted octanol–water partition coefficient (Wildman–Crippen LogP) is 2.07. The maximum atomic E-state index is 12.0. The van der Waals surface area contributed by atoms with Crippen molar-refractivity contribution in [3.8, 4) is 5.88 Å². The average Bonchev–Trinajstić information content (AvgIpc) is 3.51. The number of hydrogen-bond acceptors (Lipinski definition) is 7. The third kappa shape index (κ3) is 3.21. The molecule has 1 unspecified atom stereocenters. The number of amidine groups is 1. The molecule has 9 heteroatoms. The minimum absolute atomic E-state index is 0.274. The molecule has 1 aliphatic carbocycles. The highest BCUT2D eigenvalue weighted by atomic mass is 35.5. The lowest BCUT2D eigenvalue weighted by atomic mass is 10.0. The molecular weight excluding hydrogens is 406 g/mol. The van der Waals surface area contributed by atoms with Crippen LogP contribution in [0.3, 0.4) is 0 Å². The van der Waals surface area contributed by atoms with Gasteiger partial charge in [-0.3, -0.25) is 4.79 Å². The van der Waals surface area contributed by atoms with E-state index in [9.17, 15) is 4.79 Å². The molecule has 0 bridgehead atoms. The van der Waals surface area contributed by atoms with Crippen LogP contribution in [0.4, 0.5) is 0 Å². The zero-order chi connectivity index (χ0) is 20.8. The zero-order valence-electron chi connectivity index (χ0n) is 16.5. The molecule has 1 aromatic heterocycles. The van der Waals surface area contributed by atoms with Crippen molar-refractivity contribution in [3.05, 3.63) is 57.9 Å². The second-order valence-electron chi connectivity index (χ2n) is 7.77. The summed E-state index contributed by atoms with van der Waals surface area (Å²) >= 11 is 6.29. The first-order valence-corrected chi connectivity index (χ1v) is 10.3. The second kappa shape index (κ2) is 7.36. The molecule has 1 aromatic rings. The zero-order valence-corrected chi connectivity index (χ0v) is 17.3. The standard InChI is InChI=1S/C21H22ClN5O3/c1-29-21-15(22)6-13(7-25-21)20-24-8-14-16(26-17(19(23)28)11-2-3-11)10-30-9-12-4-5-27(20)18(12)14/h6-8,10-11,17,26H,2-5,9H2,1H3,(H2,23,28). The van der Waals surface area contributed by atoms with Crippen molar-refractivity contribution in [3.63, 3.8) is 0 Å². The van der Waals surface area contributed by atoms with Gasteiger partial charge in [0.2, 0.25) is 11.8 Å². The molecule has 4 heterocycles. The number of nitrogens with one attached hydrogen (secondary N) is 1. The van der Waals surface area contributed by atoms with Crippen molar-refractivity contribution in [2.24, 2.45) is 16.6 Å². The molecule has 0 aromatic carbocycles. The number of carbonyl (C=O) groups excluding carboxylic acids is 1. The maximum absolute atomic E-state index is 12.0. The van der Waals surface area contributed by atoms with Crippen LogP contribution < -0.4 is 15.8 Å². The van der Waals surface area contributed by atoms with Gasteiger partial charge in [0.1, 0.15) is 29.8 Å². The smallest absolute Gasteiger partial charge is 0.240 e. The number of methoxy groups -OCH3 is 1. The highest BCUT2D eigenvalue weighted by Gasteiger charge is 2.39. The molecule has 0 spiro atoms. The Labute approximate surface area is 179 Å². The van der Waals surface area contributed by atoms with Crippen molar-refractivity contribution in [1.29, 1.82) is 0 Å². The number of hydrogen-bond donors (Lipinski definition) is 2. The fourth-order valence-corrected chi connectivity index (χ4v) is 4.40. The summed E-state index contributed by atoms with van der Waals surface area (Å²) in [5.41, 5.74) is 10.3. The minimum Gasteiger partial charge on any atom is -0.495 e. The molecule has 30 heavy (non-hydrogen) atoms. The summed E-state index contributed by atoms with van der Waals surface area (Å²) in [5, 5.41) is 3.75. The number of nitrogens with zero attached hydrogens (tertiary/aromatic N) is 3. The fraction of sp³-hybridized carbons (Fsp3) is 0.381. The van der Waals surface area contributed by atoms with Gasteiger partial charge < -0.3 is 25.4 Å². The van der Waals surface area contributed by atoms with Crippen molar-refractivity contribution in [1.82, 2.24) is 15.2 Å². The maximum Gasteiger partial charge on any atom is 0.240 e. The number of ether oxygens (including phenoxy) is 2. The van der Waals surface area contributed by atoms with Crippen LogP contribution in [-0.4, -0.2) is 47.9 Å². The first-order chi connectivity index (χ1) is 14.6. The lowest BCUT2D eigenvalue weighted by molar-refractivity contribution is -0.120. The Balaban J connectivity index is 1.52. The highest BCUT2D eigenvalue weighted by molar-refractivity contribution is 6.32. The van der Waals surface area contributed by atoms with Gasteiger partial charge in [-0.15, -0.1) is 0 Å². The predicted molar refractivity (Wildman–Crippen MR) is 112 cm³/mol. The molecule has 1 amide bonds. The van der Waals surface area contributed by atoms with E-state index < -0.39 is 6.04 Å². The minimum atomic E-state index is -0.410. The van der Waals surface area contributed by atoms with Crippen LogP contribution in [0, 0.1) is 5.92 Å². The molecule has 4 aliphatic rings. The van der Waals surface area contributed by atoms with Crippen LogP contribution in [0.1, 0.15) is 24.8 Å². The topological polar surface area (TPSA) is 102 Å². The number of aliphatic imine (C=N–C) groups is 1. The molecule has 1 saturated carbocycles. The summed E-state index contributed by atoms with van der Waals surface area (Å²) in [6, 6.07) is 1.40. The molecule has 3 N–H and O–H groups in total. The van der Waals surface area contributed by atoms with Gasteiger partial charge in [0.25, 0.3) is 0 Å². The number of aromatic nitrogens is 1. The molecule has 0 saturated heterocycles. The summed E-state index contributed by atoms with van der Waals surface area (Å²) in [6.45, 7) is 1.27. The Kier molecular flexibility index (Phi) is 4.66. The normalized spacial score (nSPS) is 21.0. The quantitative estimate of drug-likeness (QED) is 0.720. The van der Waals surface area contributed by atoms with E-state index in [1.54, 1.807) is 12.5 Å². The van der Waals surface area contributed by atoms with Crippen molar-refractivity contribution < 1.29 is 14.3 Å². The van der Waals surface area contributed by atoms with E-state index in [1.165, 1.54) is 12.7 Å². The van der Waals surface area contributed by atoms with Gasteiger partial charge in [-0.1, -0.05) is 11.6 Å². The summed E-state index contributed by atoms with van der Waals surface area (Å²) < 4.78 is 11.0. The van der Waals surface area contributed by atoms with Crippen molar-refractivity contribution in [2.75, 3.05) is 20.3 Å². The number of halogens is 1. The number of rotatable bonds is 6. The Bertz CT molecular complexity index is 1040. The van der Waals surface area contributed by atoms with E-state index >= 15 is 0 Å². The lowest BCUT2D eigenvalue weighted by Gasteiger charge is -2.30. The van der Waals surface area contributed by atoms with Crippen molar-refractivity contribution in [2.45, 2.75) is 25.3 Å². The van der Waals surface area contributed by atoms with E-state index in [4.69, 9.17) is 31.8 Å². The third-order valence-corrected chi connectivity index (χ3v) is 6.06. The van der Waals surface area contributed by atoms with E-state index in [2.05, 4.69) is 15.2 Å². The summed E-state index contributed by atoms with van der Waals surface area (Å²) in [6.07, 6.45) is 8.06. The van der Waals surface area contributed by atoms with Crippen LogP contribution in [-0.2, 0) is 9.53 Å². The number of amides is 1. The first kappa shape index (κ1) is 19.0. The van der Waals surface area contributed by atoms with Crippen LogP contribution >= 0.6 is 11.6 Å². The van der Waals surface area contributed by atoms with Gasteiger partial charge >= 0.3 is 0 Å². The lowest BCUT2D eigenvalue weighted by Crippen LogP contribution is -2.43. The van der Waals surface area contributed by atoms with Crippen LogP contribution in [0.5, 0.6) is 5.88 Å². The Morgan fingerprint density at radius 3 is 3.00 bits per heavy atom. The molecule has 1 atom stereocenters. The average molecular weight is 428 g/mol. The van der Waals surface area contributed by atoms with E-state index in [-0.39, 0.29) is 11.8 Å². The van der Waals surface area contributed by atoms with Gasteiger partial charge in [-0.25, -0.2) is 9.98 Å². The Morgan fingerprint density at radius 1 is 1.47 bits per heavy atom. The highest BCUT2D eigenvalue weighted by Crippen LogP contribution is 2.39. The van der Waals surface area contributed by atoms with Gasteiger partial charge in [-0.05, 0) is 36.8 Å². The van der Waals surface area contributed by atoms with E-state index in [0.29, 0.717) is 17.5 Å². The first-order valence-electron chi connectivity index (χ1n) is 9.92.